The largest absolute Gasteiger partial charge is 0.381 e. The zero-order valence-electron chi connectivity index (χ0n) is 12.3. The number of hydrogen-bond donors (Lipinski definition) is 1. The standard InChI is InChI=1S/C17H27NO/c1-3-15-7-9-17(10-8-15)14(2)18-11-4-12-19-13-16-5-6-16/h7-10,14,16,18H,3-6,11-13H2,1-2H3. The van der Waals surface area contributed by atoms with Crippen molar-refractivity contribution in [1.82, 2.24) is 5.32 Å². The van der Waals surface area contributed by atoms with E-state index < -0.39 is 0 Å². The first-order chi connectivity index (χ1) is 9.29. The van der Waals surface area contributed by atoms with Crippen LogP contribution in [0.25, 0.3) is 0 Å². The highest BCUT2D eigenvalue weighted by atomic mass is 16.5. The molecule has 106 valence electrons. The second-order valence-corrected chi connectivity index (χ2v) is 5.64. The Morgan fingerprint density at radius 1 is 1.26 bits per heavy atom. The van der Waals surface area contributed by atoms with E-state index in [4.69, 9.17) is 4.74 Å². The van der Waals surface area contributed by atoms with Gasteiger partial charge in [-0.3, -0.25) is 0 Å². The number of benzene rings is 1. The van der Waals surface area contributed by atoms with E-state index in [1.807, 2.05) is 0 Å². The summed E-state index contributed by atoms with van der Waals surface area (Å²) in [6.07, 6.45) is 4.97. The molecule has 1 fully saturated rings. The van der Waals surface area contributed by atoms with Gasteiger partial charge < -0.3 is 10.1 Å². The van der Waals surface area contributed by atoms with Gasteiger partial charge in [0.2, 0.25) is 0 Å². The van der Waals surface area contributed by atoms with Crippen molar-refractivity contribution in [2.75, 3.05) is 19.8 Å². The number of hydrogen-bond acceptors (Lipinski definition) is 2. The van der Waals surface area contributed by atoms with Crippen molar-refractivity contribution in [3.63, 3.8) is 0 Å². The van der Waals surface area contributed by atoms with Crippen molar-refractivity contribution in [1.29, 1.82) is 0 Å². The number of ether oxygens (including phenoxy) is 1. The van der Waals surface area contributed by atoms with Gasteiger partial charge in [0.1, 0.15) is 0 Å². The molecular formula is C17H27NO. The van der Waals surface area contributed by atoms with Crippen molar-refractivity contribution in [3.05, 3.63) is 35.4 Å². The van der Waals surface area contributed by atoms with Crippen LogP contribution in [0.2, 0.25) is 0 Å². The minimum atomic E-state index is 0.425. The first-order valence-electron chi connectivity index (χ1n) is 7.69. The summed E-state index contributed by atoms with van der Waals surface area (Å²) in [6.45, 7) is 7.32. The van der Waals surface area contributed by atoms with Gasteiger partial charge in [-0.1, -0.05) is 31.2 Å². The van der Waals surface area contributed by atoms with Crippen molar-refractivity contribution in [2.45, 2.75) is 45.6 Å². The molecular weight excluding hydrogens is 234 g/mol. The second-order valence-electron chi connectivity index (χ2n) is 5.64. The summed E-state index contributed by atoms with van der Waals surface area (Å²) in [5.74, 6) is 0.879. The van der Waals surface area contributed by atoms with Crippen molar-refractivity contribution in [2.24, 2.45) is 5.92 Å². The lowest BCUT2D eigenvalue weighted by Gasteiger charge is -2.14. The fourth-order valence-corrected chi connectivity index (χ4v) is 2.19. The Morgan fingerprint density at radius 3 is 2.63 bits per heavy atom. The molecule has 0 saturated heterocycles. The third kappa shape index (κ3) is 5.33. The summed E-state index contributed by atoms with van der Waals surface area (Å²) in [5, 5.41) is 3.56. The second kappa shape index (κ2) is 7.66. The number of rotatable bonds is 9. The summed E-state index contributed by atoms with van der Waals surface area (Å²) < 4.78 is 5.64. The lowest BCUT2D eigenvalue weighted by Crippen LogP contribution is -2.21. The predicted octanol–water partition coefficient (Wildman–Crippen LogP) is 3.72. The van der Waals surface area contributed by atoms with Gasteiger partial charge >= 0.3 is 0 Å². The Labute approximate surface area is 117 Å². The molecule has 0 amide bonds. The molecule has 0 radical (unpaired) electrons. The summed E-state index contributed by atoms with van der Waals surface area (Å²) in [5.41, 5.74) is 2.78. The SMILES string of the molecule is CCc1ccc(C(C)NCCCOCC2CC2)cc1. The van der Waals surface area contributed by atoms with Crippen LogP contribution < -0.4 is 5.32 Å². The predicted molar refractivity (Wildman–Crippen MR) is 80.4 cm³/mol. The lowest BCUT2D eigenvalue weighted by molar-refractivity contribution is 0.121. The molecule has 0 heterocycles. The summed E-state index contributed by atoms with van der Waals surface area (Å²) in [6, 6.07) is 9.35. The Morgan fingerprint density at radius 2 is 2.00 bits per heavy atom. The van der Waals surface area contributed by atoms with Gasteiger partial charge in [0.15, 0.2) is 0 Å². The molecule has 0 bridgehead atoms. The number of nitrogens with one attached hydrogen (secondary N) is 1. The van der Waals surface area contributed by atoms with Gasteiger partial charge in [0.25, 0.3) is 0 Å². The molecule has 1 aromatic rings. The Hall–Kier alpha value is -0.860. The summed E-state index contributed by atoms with van der Waals surface area (Å²) in [7, 11) is 0. The molecule has 2 rings (SSSR count). The molecule has 0 aliphatic heterocycles. The maximum atomic E-state index is 5.64. The van der Waals surface area contributed by atoms with E-state index in [2.05, 4.69) is 43.4 Å². The maximum Gasteiger partial charge on any atom is 0.0494 e. The van der Waals surface area contributed by atoms with Crippen LogP contribution in [0.4, 0.5) is 0 Å². The molecule has 19 heavy (non-hydrogen) atoms. The topological polar surface area (TPSA) is 21.3 Å². The monoisotopic (exact) mass is 261 g/mol. The quantitative estimate of drug-likeness (QED) is 0.684. The van der Waals surface area contributed by atoms with E-state index in [-0.39, 0.29) is 0 Å². The molecule has 1 aromatic carbocycles. The third-order valence-electron chi connectivity index (χ3n) is 3.85. The Kier molecular flexibility index (Phi) is 5.87. The van der Waals surface area contributed by atoms with Crippen LogP contribution >= 0.6 is 0 Å². The fourth-order valence-electron chi connectivity index (χ4n) is 2.19. The maximum absolute atomic E-state index is 5.64. The minimum absolute atomic E-state index is 0.425. The third-order valence-corrected chi connectivity index (χ3v) is 3.85. The van der Waals surface area contributed by atoms with Crippen LogP contribution in [0.5, 0.6) is 0 Å². The molecule has 1 aliphatic rings. The zero-order chi connectivity index (χ0) is 13.5. The van der Waals surface area contributed by atoms with Crippen molar-refractivity contribution in [3.8, 4) is 0 Å². The molecule has 0 aromatic heterocycles. The highest BCUT2D eigenvalue weighted by Crippen LogP contribution is 2.28. The highest BCUT2D eigenvalue weighted by molar-refractivity contribution is 5.24. The van der Waals surface area contributed by atoms with Gasteiger partial charge in [-0.2, -0.15) is 0 Å². The average Bonchev–Trinajstić information content (AvgIpc) is 3.26. The zero-order valence-corrected chi connectivity index (χ0v) is 12.3. The van der Waals surface area contributed by atoms with Crippen LogP contribution in [-0.2, 0) is 11.2 Å². The fraction of sp³-hybridized carbons (Fsp3) is 0.647. The number of aryl methyl sites for hydroxylation is 1. The minimum Gasteiger partial charge on any atom is -0.381 e. The molecule has 1 unspecified atom stereocenters. The molecule has 1 N–H and O–H groups in total. The molecule has 2 heteroatoms. The van der Waals surface area contributed by atoms with Crippen LogP contribution in [-0.4, -0.2) is 19.8 Å². The van der Waals surface area contributed by atoms with Gasteiger partial charge in [-0.05, 0) is 56.2 Å². The Bertz CT molecular complexity index is 356. The van der Waals surface area contributed by atoms with Crippen LogP contribution in [0.15, 0.2) is 24.3 Å². The first kappa shape index (κ1) is 14.5. The van der Waals surface area contributed by atoms with Gasteiger partial charge in [0.05, 0.1) is 0 Å². The van der Waals surface area contributed by atoms with Crippen molar-refractivity contribution < 1.29 is 4.74 Å². The van der Waals surface area contributed by atoms with Gasteiger partial charge in [-0.25, -0.2) is 0 Å². The van der Waals surface area contributed by atoms with E-state index in [1.54, 1.807) is 0 Å². The molecule has 1 atom stereocenters. The first-order valence-corrected chi connectivity index (χ1v) is 7.69. The molecule has 1 saturated carbocycles. The molecule has 1 aliphatic carbocycles. The Balaban J connectivity index is 1.58. The summed E-state index contributed by atoms with van der Waals surface area (Å²) in [4.78, 5) is 0. The smallest absolute Gasteiger partial charge is 0.0494 e. The normalized spacial score (nSPS) is 16.5. The van der Waals surface area contributed by atoms with Gasteiger partial charge in [-0.15, -0.1) is 0 Å². The highest BCUT2D eigenvalue weighted by Gasteiger charge is 2.20. The van der Waals surface area contributed by atoms with E-state index in [0.717, 1.165) is 38.5 Å². The van der Waals surface area contributed by atoms with Gasteiger partial charge in [0, 0.05) is 19.3 Å². The van der Waals surface area contributed by atoms with Crippen LogP contribution in [0, 0.1) is 5.92 Å². The average molecular weight is 261 g/mol. The van der Waals surface area contributed by atoms with E-state index in [9.17, 15) is 0 Å². The summed E-state index contributed by atoms with van der Waals surface area (Å²) >= 11 is 0. The van der Waals surface area contributed by atoms with E-state index in [1.165, 1.54) is 24.0 Å². The molecule has 0 spiro atoms. The van der Waals surface area contributed by atoms with Crippen LogP contribution in [0.3, 0.4) is 0 Å². The van der Waals surface area contributed by atoms with E-state index >= 15 is 0 Å². The van der Waals surface area contributed by atoms with E-state index in [0.29, 0.717) is 6.04 Å². The van der Waals surface area contributed by atoms with Crippen molar-refractivity contribution >= 4 is 0 Å². The molecule has 2 nitrogen and oxygen atoms in total. The lowest BCUT2D eigenvalue weighted by atomic mass is 10.1. The van der Waals surface area contributed by atoms with Crippen LogP contribution in [0.1, 0.15) is 50.3 Å².